The van der Waals surface area contributed by atoms with Crippen LogP contribution in [-0.4, -0.2) is 23.2 Å². The summed E-state index contributed by atoms with van der Waals surface area (Å²) < 4.78 is 5.47. The number of thiazole rings is 1. The molecule has 88 valence electrons. The zero-order valence-corrected chi connectivity index (χ0v) is 9.79. The summed E-state index contributed by atoms with van der Waals surface area (Å²) in [5, 5.41) is 11.3. The Morgan fingerprint density at radius 2 is 2.44 bits per heavy atom. The predicted octanol–water partition coefficient (Wildman–Crippen LogP) is 1.25. The Labute approximate surface area is 97.2 Å². The molecule has 2 rings (SSSR count). The summed E-state index contributed by atoms with van der Waals surface area (Å²) in [5.41, 5.74) is 5.62. The van der Waals surface area contributed by atoms with Crippen LogP contribution in [0.5, 0.6) is 0 Å². The van der Waals surface area contributed by atoms with Crippen LogP contribution in [0, 0.1) is 0 Å². The maximum atomic E-state index is 10.7. The molecule has 3 N–H and O–H groups in total. The predicted molar refractivity (Wildman–Crippen MR) is 59.2 cm³/mol. The third kappa shape index (κ3) is 1.73. The van der Waals surface area contributed by atoms with Gasteiger partial charge in [-0.25, -0.2) is 4.98 Å². The number of hydrogen-bond acceptors (Lipinski definition) is 5. The number of ether oxygens (including phenoxy) is 1. The number of carboxylic acids is 1. The minimum atomic E-state index is -1.06. The molecule has 1 aliphatic rings. The molecule has 1 atom stereocenters. The normalized spacial score (nSPS) is 20.1. The van der Waals surface area contributed by atoms with Gasteiger partial charge in [0, 0.05) is 12.5 Å². The van der Waals surface area contributed by atoms with Crippen molar-refractivity contribution in [2.24, 2.45) is 5.73 Å². The third-order valence-corrected chi connectivity index (χ3v) is 4.09. The van der Waals surface area contributed by atoms with Crippen LogP contribution in [0.25, 0.3) is 0 Å². The number of carbonyl (C=O) groups is 1. The SMILES string of the molecule is COC1(c2nc(C(N)C(=O)O)cs2)CCC1. The Kier molecular flexibility index (Phi) is 2.96. The van der Waals surface area contributed by atoms with Gasteiger partial charge in [0.15, 0.2) is 0 Å². The molecule has 0 bridgehead atoms. The number of hydrogen-bond donors (Lipinski definition) is 2. The standard InChI is InChI=1S/C10H14N2O3S/c1-15-10(3-2-4-10)9-12-6(5-16-9)7(11)8(13)14/h5,7H,2-4,11H2,1H3,(H,13,14). The smallest absolute Gasteiger partial charge is 0.326 e. The molecular formula is C10H14N2O3S. The van der Waals surface area contributed by atoms with Gasteiger partial charge in [-0.1, -0.05) is 0 Å². The van der Waals surface area contributed by atoms with Gasteiger partial charge in [-0.3, -0.25) is 4.79 Å². The molecule has 0 spiro atoms. The van der Waals surface area contributed by atoms with Gasteiger partial charge in [0.2, 0.25) is 0 Å². The van der Waals surface area contributed by atoms with Gasteiger partial charge in [0.1, 0.15) is 16.7 Å². The number of aliphatic carboxylic acids is 1. The van der Waals surface area contributed by atoms with Crippen molar-refractivity contribution in [3.63, 3.8) is 0 Å². The molecule has 1 unspecified atom stereocenters. The van der Waals surface area contributed by atoms with Crippen LogP contribution in [0.3, 0.4) is 0 Å². The van der Waals surface area contributed by atoms with Crippen LogP contribution < -0.4 is 5.73 Å². The van der Waals surface area contributed by atoms with E-state index in [0.717, 1.165) is 24.3 Å². The van der Waals surface area contributed by atoms with Crippen molar-refractivity contribution in [2.45, 2.75) is 30.9 Å². The van der Waals surface area contributed by atoms with E-state index < -0.39 is 12.0 Å². The zero-order valence-electron chi connectivity index (χ0n) is 8.97. The molecule has 6 heteroatoms. The second kappa shape index (κ2) is 4.12. The highest BCUT2D eigenvalue weighted by Crippen LogP contribution is 2.45. The Morgan fingerprint density at radius 1 is 1.75 bits per heavy atom. The van der Waals surface area contributed by atoms with Crippen LogP contribution in [0.2, 0.25) is 0 Å². The largest absolute Gasteiger partial charge is 0.480 e. The van der Waals surface area contributed by atoms with Crippen molar-refractivity contribution < 1.29 is 14.6 Å². The Balaban J connectivity index is 2.22. The van der Waals surface area contributed by atoms with E-state index in [1.807, 2.05) is 0 Å². The van der Waals surface area contributed by atoms with Crippen molar-refractivity contribution >= 4 is 17.3 Å². The summed E-state index contributed by atoms with van der Waals surface area (Å²) in [5.74, 6) is -1.06. The molecule has 1 aromatic rings. The van der Waals surface area contributed by atoms with E-state index in [1.165, 1.54) is 11.3 Å². The summed E-state index contributed by atoms with van der Waals surface area (Å²) in [7, 11) is 1.66. The third-order valence-electron chi connectivity index (χ3n) is 3.05. The fraction of sp³-hybridized carbons (Fsp3) is 0.600. The lowest BCUT2D eigenvalue weighted by Crippen LogP contribution is -2.36. The quantitative estimate of drug-likeness (QED) is 0.830. The minimum Gasteiger partial charge on any atom is -0.480 e. The van der Waals surface area contributed by atoms with Crippen molar-refractivity contribution in [1.82, 2.24) is 4.98 Å². The van der Waals surface area contributed by atoms with E-state index in [4.69, 9.17) is 15.6 Å². The lowest BCUT2D eigenvalue weighted by atomic mass is 9.80. The maximum Gasteiger partial charge on any atom is 0.326 e. The minimum absolute atomic E-state index is 0.291. The average molecular weight is 242 g/mol. The molecule has 16 heavy (non-hydrogen) atoms. The highest BCUT2D eigenvalue weighted by molar-refractivity contribution is 7.09. The van der Waals surface area contributed by atoms with Gasteiger partial charge in [0.05, 0.1) is 5.69 Å². The molecule has 5 nitrogen and oxygen atoms in total. The number of methoxy groups -OCH3 is 1. The fourth-order valence-electron chi connectivity index (χ4n) is 1.77. The monoisotopic (exact) mass is 242 g/mol. The molecule has 1 saturated carbocycles. The highest BCUT2D eigenvalue weighted by atomic mass is 32.1. The first-order chi connectivity index (χ1) is 7.59. The summed E-state index contributed by atoms with van der Waals surface area (Å²) in [4.78, 5) is 15.0. The molecule has 1 aliphatic carbocycles. The molecule has 0 aliphatic heterocycles. The zero-order chi connectivity index (χ0) is 11.8. The summed E-state index contributed by atoms with van der Waals surface area (Å²) in [6.07, 6.45) is 3.01. The van der Waals surface area contributed by atoms with E-state index in [2.05, 4.69) is 4.98 Å². The van der Waals surface area contributed by atoms with Crippen LogP contribution in [0.15, 0.2) is 5.38 Å². The number of nitrogens with zero attached hydrogens (tertiary/aromatic N) is 1. The van der Waals surface area contributed by atoms with Crippen molar-refractivity contribution in [3.05, 3.63) is 16.1 Å². The summed E-state index contributed by atoms with van der Waals surface area (Å²) >= 11 is 1.42. The highest BCUT2D eigenvalue weighted by Gasteiger charge is 2.41. The molecule has 0 aromatic carbocycles. The average Bonchev–Trinajstić information content (AvgIpc) is 2.65. The van der Waals surface area contributed by atoms with Gasteiger partial charge < -0.3 is 15.6 Å². The second-order valence-corrected chi connectivity index (χ2v) is 4.80. The first-order valence-corrected chi connectivity index (χ1v) is 5.96. The van der Waals surface area contributed by atoms with E-state index in [0.29, 0.717) is 5.69 Å². The van der Waals surface area contributed by atoms with E-state index in [-0.39, 0.29) is 5.60 Å². The Bertz CT molecular complexity index is 395. The molecular weight excluding hydrogens is 228 g/mol. The van der Waals surface area contributed by atoms with E-state index in [9.17, 15) is 4.79 Å². The van der Waals surface area contributed by atoms with E-state index in [1.54, 1.807) is 12.5 Å². The van der Waals surface area contributed by atoms with Crippen molar-refractivity contribution in [1.29, 1.82) is 0 Å². The topological polar surface area (TPSA) is 85.4 Å². The Morgan fingerprint density at radius 3 is 2.88 bits per heavy atom. The number of rotatable bonds is 4. The number of aromatic nitrogens is 1. The molecule has 1 fully saturated rings. The van der Waals surface area contributed by atoms with Crippen molar-refractivity contribution in [2.75, 3.05) is 7.11 Å². The van der Waals surface area contributed by atoms with Gasteiger partial charge in [0.25, 0.3) is 0 Å². The summed E-state index contributed by atoms with van der Waals surface area (Å²) in [6.45, 7) is 0. The second-order valence-electron chi connectivity index (χ2n) is 3.95. The van der Waals surface area contributed by atoms with Gasteiger partial charge in [-0.15, -0.1) is 11.3 Å². The van der Waals surface area contributed by atoms with Crippen molar-refractivity contribution in [3.8, 4) is 0 Å². The fourth-order valence-corrected chi connectivity index (χ4v) is 2.86. The Hall–Kier alpha value is -0.980. The first kappa shape index (κ1) is 11.5. The lowest BCUT2D eigenvalue weighted by Gasteiger charge is -2.38. The van der Waals surface area contributed by atoms with Crippen LogP contribution in [0.4, 0.5) is 0 Å². The number of carboxylic acid groups (broad SMARTS) is 1. The van der Waals surface area contributed by atoms with Gasteiger partial charge >= 0.3 is 5.97 Å². The molecule has 0 radical (unpaired) electrons. The number of nitrogens with two attached hydrogens (primary N) is 1. The van der Waals surface area contributed by atoms with E-state index >= 15 is 0 Å². The molecule has 0 amide bonds. The van der Waals surface area contributed by atoms with Crippen LogP contribution in [0.1, 0.15) is 36.0 Å². The summed E-state index contributed by atoms with van der Waals surface area (Å²) in [6, 6.07) is -1.04. The van der Waals surface area contributed by atoms with Gasteiger partial charge in [-0.05, 0) is 19.3 Å². The molecule has 1 heterocycles. The molecule has 0 saturated heterocycles. The van der Waals surface area contributed by atoms with Crippen LogP contribution >= 0.6 is 11.3 Å². The molecule has 1 aromatic heterocycles. The lowest BCUT2D eigenvalue weighted by molar-refractivity contribution is -0.138. The maximum absolute atomic E-state index is 10.7. The van der Waals surface area contributed by atoms with Crippen LogP contribution in [-0.2, 0) is 15.1 Å². The first-order valence-electron chi connectivity index (χ1n) is 5.08. The van der Waals surface area contributed by atoms with Gasteiger partial charge in [-0.2, -0.15) is 0 Å².